The number of nitrogens with zero attached hydrogens (tertiary/aromatic N) is 1. The van der Waals surface area contributed by atoms with E-state index in [0.29, 0.717) is 27.3 Å². The van der Waals surface area contributed by atoms with Crippen LogP contribution in [0.25, 0.3) is 0 Å². The molecule has 0 atom stereocenters. The zero-order chi connectivity index (χ0) is 22.3. The van der Waals surface area contributed by atoms with Crippen LogP contribution < -0.4 is 16.1 Å². The van der Waals surface area contributed by atoms with Gasteiger partial charge in [-0.1, -0.05) is 39.7 Å². The average Bonchev–Trinajstić information content (AvgIpc) is 2.67. The van der Waals surface area contributed by atoms with E-state index in [1.54, 1.807) is 26.0 Å². The number of carbonyl (C=O) groups is 3. The number of hydrogen-bond acceptors (Lipinski definition) is 3. The van der Waals surface area contributed by atoms with Crippen molar-refractivity contribution in [2.24, 2.45) is 0 Å². The van der Waals surface area contributed by atoms with E-state index in [-0.39, 0.29) is 12.1 Å². The molecule has 7 nitrogen and oxygen atoms in total. The summed E-state index contributed by atoms with van der Waals surface area (Å²) in [6, 6.07) is 9.63. The lowest BCUT2D eigenvalue weighted by Crippen LogP contribution is -2.56. The monoisotopic (exact) mass is 498 g/mol. The molecule has 0 saturated carbocycles. The molecule has 0 saturated heterocycles. The van der Waals surface area contributed by atoms with Crippen molar-refractivity contribution in [2.45, 2.75) is 32.2 Å². The molecule has 0 bridgehead atoms. The molecule has 30 heavy (non-hydrogen) atoms. The molecule has 0 unspecified atom stereocenters. The van der Waals surface area contributed by atoms with Crippen LogP contribution in [0.5, 0.6) is 0 Å². The summed E-state index contributed by atoms with van der Waals surface area (Å²) < 4.78 is 14.3. The normalized spacial score (nSPS) is 10.8. The minimum Gasteiger partial charge on any atom is -0.331 e. The van der Waals surface area contributed by atoms with Gasteiger partial charge in [0.2, 0.25) is 6.41 Å². The van der Waals surface area contributed by atoms with Crippen LogP contribution in [0.15, 0.2) is 46.9 Å². The van der Waals surface area contributed by atoms with Crippen LogP contribution in [0.3, 0.4) is 0 Å². The van der Waals surface area contributed by atoms with Gasteiger partial charge in [-0.25, -0.2) is 19.4 Å². The smallest absolute Gasteiger partial charge is 0.331 e. The summed E-state index contributed by atoms with van der Waals surface area (Å²) in [6.45, 7) is 3.59. The summed E-state index contributed by atoms with van der Waals surface area (Å²) in [5, 5.41) is 6.01. The van der Waals surface area contributed by atoms with Crippen molar-refractivity contribution >= 4 is 51.7 Å². The summed E-state index contributed by atoms with van der Waals surface area (Å²) in [6.07, 6.45) is 1.40. The third-order valence-corrected chi connectivity index (χ3v) is 4.87. The number of imide groups is 1. The Morgan fingerprint density at radius 3 is 2.47 bits per heavy atom. The quantitative estimate of drug-likeness (QED) is 0.392. The molecule has 0 aliphatic heterocycles. The van der Waals surface area contributed by atoms with Gasteiger partial charge >= 0.3 is 12.1 Å². The predicted molar refractivity (Wildman–Crippen MR) is 117 cm³/mol. The molecule has 3 N–H and O–H groups in total. The molecular formula is C20H21BrClFN4O3. The molecule has 160 valence electrons. The molecule has 0 spiro atoms. The molecular weight excluding hydrogens is 479 g/mol. The van der Waals surface area contributed by atoms with Gasteiger partial charge in [-0.05, 0) is 62.6 Å². The second-order valence-corrected chi connectivity index (χ2v) is 8.46. The molecule has 2 aromatic rings. The van der Waals surface area contributed by atoms with Crippen molar-refractivity contribution in [3.8, 4) is 0 Å². The molecule has 0 heterocycles. The zero-order valence-corrected chi connectivity index (χ0v) is 18.7. The molecule has 5 amide bonds. The summed E-state index contributed by atoms with van der Waals surface area (Å²) >= 11 is 8.98. The summed E-state index contributed by atoms with van der Waals surface area (Å²) in [4.78, 5) is 35.7. The van der Waals surface area contributed by atoms with Gasteiger partial charge in [-0.3, -0.25) is 4.79 Å². The molecule has 0 radical (unpaired) electrons. The predicted octanol–water partition coefficient (Wildman–Crippen LogP) is 4.86. The number of hydrogen-bond donors (Lipinski definition) is 3. The van der Waals surface area contributed by atoms with E-state index in [1.807, 2.05) is 12.1 Å². The van der Waals surface area contributed by atoms with Crippen molar-refractivity contribution in [1.82, 2.24) is 15.8 Å². The number of benzene rings is 2. The number of halogens is 3. The van der Waals surface area contributed by atoms with E-state index in [2.05, 4.69) is 32.0 Å². The van der Waals surface area contributed by atoms with Crippen molar-refractivity contribution in [2.75, 3.05) is 5.32 Å². The van der Waals surface area contributed by atoms with Crippen LogP contribution in [-0.4, -0.2) is 29.0 Å². The first-order valence-electron chi connectivity index (χ1n) is 8.93. The molecule has 0 aliphatic rings. The number of aryl methyl sites for hydroxylation is 1. The van der Waals surface area contributed by atoms with Gasteiger partial charge in [0.15, 0.2) is 0 Å². The highest BCUT2D eigenvalue weighted by Gasteiger charge is 2.25. The minimum absolute atomic E-state index is 0.106. The first-order valence-corrected chi connectivity index (χ1v) is 10.1. The number of urea groups is 2. The highest BCUT2D eigenvalue weighted by atomic mass is 79.9. The fraction of sp³-hybridized carbons (Fsp3) is 0.250. The summed E-state index contributed by atoms with van der Waals surface area (Å²) in [7, 11) is 0. The van der Waals surface area contributed by atoms with E-state index in [0.717, 1.165) is 5.56 Å². The highest BCUT2D eigenvalue weighted by Crippen LogP contribution is 2.19. The van der Waals surface area contributed by atoms with Crippen LogP contribution in [0, 0.1) is 5.82 Å². The fourth-order valence-electron chi connectivity index (χ4n) is 2.50. The van der Waals surface area contributed by atoms with Crippen molar-refractivity contribution < 1.29 is 18.8 Å². The Balaban J connectivity index is 1.91. The second-order valence-electron chi connectivity index (χ2n) is 7.11. The maximum absolute atomic E-state index is 13.8. The van der Waals surface area contributed by atoms with Gasteiger partial charge in [0.1, 0.15) is 5.82 Å². The molecule has 2 rings (SSSR count). The Bertz CT molecular complexity index is 925. The maximum Gasteiger partial charge on any atom is 0.343 e. The molecule has 10 heteroatoms. The minimum atomic E-state index is -0.947. The van der Waals surface area contributed by atoms with E-state index in [4.69, 9.17) is 11.6 Å². The lowest BCUT2D eigenvalue weighted by atomic mass is 9.95. The van der Waals surface area contributed by atoms with Crippen LogP contribution in [0.2, 0.25) is 5.02 Å². The van der Waals surface area contributed by atoms with Gasteiger partial charge in [0, 0.05) is 15.0 Å². The van der Waals surface area contributed by atoms with Crippen LogP contribution in [-0.2, 0) is 11.2 Å². The second kappa shape index (κ2) is 10.4. The average molecular weight is 500 g/mol. The van der Waals surface area contributed by atoms with Gasteiger partial charge in [0.25, 0.3) is 0 Å². The lowest BCUT2D eigenvalue weighted by molar-refractivity contribution is -0.117. The summed E-state index contributed by atoms with van der Waals surface area (Å²) in [5.41, 5.74) is 2.34. The number of hydrazine groups is 1. The summed E-state index contributed by atoms with van der Waals surface area (Å²) in [5.74, 6) is -0.676. The van der Waals surface area contributed by atoms with E-state index >= 15 is 0 Å². The molecule has 0 fully saturated rings. The number of rotatable bonds is 6. The van der Waals surface area contributed by atoms with E-state index in [9.17, 15) is 18.8 Å². The van der Waals surface area contributed by atoms with Gasteiger partial charge < -0.3 is 10.6 Å². The Kier molecular flexibility index (Phi) is 8.19. The number of amides is 5. The lowest BCUT2D eigenvalue weighted by Gasteiger charge is -2.28. The Morgan fingerprint density at radius 2 is 1.87 bits per heavy atom. The Morgan fingerprint density at radius 1 is 1.20 bits per heavy atom. The van der Waals surface area contributed by atoms with Crippen molar-refractivity contribution in [3.63, 3.8) is 0 Å². The van der Waals surface area contributed by atoms with E-state index < -0.39 is 23.4 Å². The molecule has 0 aromatic heterocycles. The van der Waals surface area contributed by atoms with Gasteiger partial charge in [-0.2, -0.15) is 5.01 Å². The van der Waals surface area contributed by atoms with Gasteiger partial charge in [0.05, 0.1) is 5.69 Å². The van der Waals surface area contributed by atoms with Crippen molar-refractivity contribution in [3.05, 3.63) is 63.3 Å². The zero-order valence-electron chi connectivity index (χ0n) is 16.3. The first kappa shape index (κ1) is 23.6. The fourth-order valence-corrected chi connectivity index (χ4v) is 2.95. The molecule has 0 aliphatic carbocycles. The maximum atomic E-state index is 13.8. The molecule has 2 aromatic carbocycles. The highest BCUT2D eigenvalue weighted by molar-refractivity contribution is 9.10. The first-order chi connectivity index (χ1) is 14.1. The Hall–Kier alpha value is -2.65. The number of nitrogens with one attached hydrogen (secondary N) is 3. The third kappa shape index (κ3) is 7.31. The van der Waals surface area contributed by atoms with Crippen LogP contribution >= 0.6 is 27.5 Å². The Labute approximate surface area is 187 Å². The number of anilines is 1. The largest absolute Gasteiger partial charge is 0.343 e. The number of carbonyl (C=O) groups excluding carboxylic acids is 3. The van der Waals surface area contributed by atoms with Crippen LogP contribution in [0.4, 0.5) is 19.7 Å². The standard InChI is InChI=1S/C20H21BrClFN4O3/c1-20(2,10-9-13-3-6-15(22)7-4-13)25-19(30)27(12-28)26-18(29)24-17-8-5-14(21)11-16(17)23/h3-8,11-12H,9-10H2,1-2H3,(H,25,30)(H2,24,26,29). The van der Waals surface area contributed by atoms with E-state index in [1.165, 1.54) is 18.2 Å². The van der Waals surface area contributed by atoms with Crippen molar-refractivity contribution in [1.29, 1.82) is 0 Å². The SMILES string of the molecule is CC(C)(CCc1ccc(Cl)cc1)NC(=O)N(C=O)NC(=O)Nc1ccc(Br)cc1F. The van der Waals surface area contributed by atoms with Crippen LogP contribution in [0.1, 0.15) is 25.8 Å². The third-order valence-electron chi connectivity index (χ3n) is 4.12. The topological polar surface area (TPSA) is 90.5 Å². The van der Waals surface area contributed by atoms with Gasteiger partial charge in [-0.15, -0.1) is 0 Å².